The van der Waals surface area contributed by atoms with E-state index in [9.17, 15) is 24.3 Å². The summed E-state index contributed by atoms with van der Waals surface area (Å²) in [4.78, 5) is 53.7. The van der Waals surface area contributed by atoms with E-state index in [-0.39, 0.29) is 64.1 Å². The standard InChI is InChI=1S/C45H49N3O8/c49-26-34(24-31-14-4-1-5-15-31)46-42(50)25-33-18-8-3-9-23-41(44(52)55-29-35(47-43(33)51)28-54-27-32-16-6-2-7-17-32)48-45(53)56-30-40-38-21-12-10-19-36(38)37-20-11-13-22-39(37)40/h1-8,10-17,19-22,33-35,40-41,49H,9,18,23-30H2,(H,46,50)(H,47,51)(H,48,53). The Labute approximate surface area is 327 Å². The minimum atomic E-state index is -1.01. The van der Waals surface area contributed by atoms with Crippen LogP contribution >= 0.6 is 0 Å². The number of nitrogens with one attached hydrogen (secondary N) is 3. The van der Waals surface area contributed by atoms with Gasteiger partial charge in [0.1, 0.15) is 19.3 Å². The molecule has 11 heteroatoms. The largest absolute Gasteiger partial charge is 0.462 e. The van der Waals surface area contributed by atoms with Crippen LogP contribution in [0.1, 0.15) is 53.9 Å². The zero-order valence-electron chi connectivity index (χ0n) is 31.3. The summed E-state index contributed by atoms with van der Waals surface area (Å²) in [5.41, 5.74) is 6.27. The number of alkyl carbamates (subject to hydrolysis) is 1. The molecule has 292 valence electrons. The molecular weight excluding hydrogens is 711 g/mol. The molecule has 4 N–H and O–H groups in total. The minimum Gasteiger partial charge on any atom is -0.462 e. The maximum Gasteiger partial charge on any atom is 0.407 e. The van der Waals surface area contributed by atoms with Crippen LogP contribution in [0.25, 0.3) is 11.1 Å². The van der Waals surface area contributed by atoms with Gasteiger partial charge in [-0.15, -0.1) is 0 Å². The molecule has 0 saturated carbocycles. The Kier molecular flexibility index (Phi) is 14.4. The van der Waals surface area contributed by atoms with Crippen molar-refractivity contribution in [1.29, 1.82) is 0 Å². The Morgan fingerprint density at radius 1 is 0.821 bits per heavy atom. The van der Waals surface area contributed by atoms with Gasteiger partial charge < -0.3 is 35.3 Å². The van der Waals surface area contributed by atoms with E-state index in [0.717, 1.165) is 33.4 Å². The van der Waals surface area contributed by atoms with Crippen molar-refractivity contribution in [1.82, 2.24) is 16.0 Å². The molecule has 0 aromatic heterocycles. The number of esters is 1. The van der Waals surface area contributed by atoms with Crippen molar-refractivity contribution in [2.45, 2.75) is 62.8 Å². The van der Waals surface area contributed by atoms with E-state index in [1.54, 1.807) is 6.08 Å². The second-order valence-corrected chi connectivity index (χ2v) is 14.2. The molecule has 4 aromatic rings. The molecule has 0 spiro atoms. The lowest BCUT2D eigenvalue weighted by Gasteiger charge is -2.24. The fourth-order valence-corrected chi connectivity index (χ4v) is 7.15. The number of ether oxygens (including phenoxy) is 3. The summed E-state index contributed by atoms with van der Waals surface area (Å²) < 4.78 is 17.4. The Morgan fingerprint density at radius 2 is 1.46 bits per heavy atom. The van der Waals surface area contributed by atoms with Crippen molar-refractivity contribution in [3.63, 3.8) is 0 Å². The minimum absolute atomic E-state index is 0.0246. The van der Waals surface area contributed by atoms with Crippen molar-refractivity contribution in [3.8, 4) is 11.1 Å². The van der Waals surface area contributed by atoms with Gasteiger partial charge in [-0.3, -0.25) is 9.59 Å². The highest BCUT2D eigenvalue weighted by molar-refractivity contribution is 5.86. The maximum atomic E-state index is 13.7. The van der Waals surface area contributed by atoms with Crippen LogP contribution in [-0.2, 0) is 41.6 Å². The summed E-state index contributed by atoms with van der Waals surface area (Å²) in [6.07, 6.45) is 4.07. The second kappa shape index (κ2) is 20.2. The molecule has 56 heavy (non-hydrogen) atoms. The van der Waals surface area contributed by atoms with Gasteiger partial charge in [-0.05, 0) is 59.1 Å². The first-order chi connectivity index (χ1) is 27.4. The molecule has 4 unspecified atom stereocenters. The van der Waals surface area contributed by atoms with Gasteiger partial charge >= 0.3 is 12.1 Å². The van der Waals surface area contributed by atoms with E-state index in [0.29, 0.717) is 12.8 Å². The van der Waals surface area contributed by atoms with Gasteiger partial charge in [0.05, 0.1) is 37.8 Å². The molecule has 0 radical (unpaired) electrons. The second-order valence-electron chi connectivity index (χ2n) is 14.2. The number of rotatable bonds is 13. The zero-order chi connectivity index (χ0) is 39.1. The van der Waals surface area contributed by atoms with Gasteiger partial charge in [0, 0.05) is 12.3 Å². The first kappa shape index (κ1) is 39.9. The number of hydrogen-bond donors (Lipinski definition) is 4. The Bertz CT molecular complexity index is 1910. The number of hydrogen-bond acceptors (Lipinski definition) is 8. The molecule has 3 amide bonds. The highest BCUT2D eigenvalue weighted by Crippen LogP contribution is 2.44. The first-order valence-electron chi connectivity index (χ1n) is 19.2. The summed E-state index contributed by atoms with van der Waals surface area (Å²) in [6, 6.07) is 32.9. The van der Waals surface area contributed by atoms with Gasteiger partial charge in [0.2, 0.25) is 11.8 Å². The Morgan fingerprint density at radius 3 is 2.14 bits per heavy atom. The van der Waals surface area contributed by atoms with Crippen molar-refractivity contribution in [2.75, 3.05) is 26.4 Å². The number of benzene rings is 4. The highest BCUT2D eigenvalue weighted by Gasteiger charge is 2.31. The van der Waals surface area contributed by atoms with Crippen LogP contribution < -0.4 is 16.0 Å². The number of amides is 3. The summed E-state index contributed by atoms with van der Waals surface area (Å²) in [6.45, 7) is -0.0931. The summed E-state index contributed by atoms with van der Waals surface area (Å²) in [5.74, 6) is -2.32. The molecule has 11 nitrogen and oxygen atoms in total. The molecular formula is C45H49N3O8. The first-order valence-corrected chi connectivity index (χ1v) is 19.2. The smallest absolute Gasteiger partial charge is 0.407 e. The molecule has 6 rings (SSSR count). The number of allylic oxidation sites excluding steroid dienone is 2. The van der Waals surface area contributed by atoms with Crippen LogP contribution in [0, 0.1) is 5.92 Å². The van der Waals surface area contributed by atoms with Crippen LogP contribution in [0.5, 0.6) is 0 Å². The number of fused-ring (bicyclic) bond motifs is 3. The predicted molar refractivity (Wildman–Crippen MR) is 211 cm³/mol. The fraction of sp³-hybridized carbons (Fsp3) is 0.333. The molecule has 1 heterocycles. The van der Waals surface area contributed by atoms with Gasteiger partial charge in [-0.25, -0.2) is 9.59 Å². The Balaban J connectivity index is 1.10. The molecule has 0 saturated heterocycles. The summed E-state index contributed by atoms with van der Waals surface area (Å²) >= 11 is 0. The molecule has 0 fully saturated rings. The molecule has 4 aromatic carbocycles. The molecule has 4 atom stereocenters. The van der Waals surface area contributed by atoms with Crippen LogP contribution in [0.3, 0.4) is 0 Å². The van der Waals surface area contributed by atoms with Crippen LogP contribution in [0.15, 0.2) is 121 Å². The van der Waals surface area contributed by atoms with Gasteiger partial charge in [-0.2, -0.15) is 0 Å². The van der Waals surface area contributed by atoms with E-state index < -0.39 is 42.0 Å². The van der Waals surface area contributed by atoms with Gasteiger partial charge in [-0.1, -0.05) is 121 Å². The fourth-order valence-electron chi connectivity index (χ4n) is 7.15. The zero-order valence-corrected chi connectivity index (χ0v) is 31.3. The lowest BCUT2D eigenvalue weighted by Crippen LogP contribution is -2.48. The van der Waals surface area contributed by atoms with Gasteiger partial charge in [0.25, 0.3) is 0 Å². The lowest BCUT2D eigenvalue weighted by molar-refractivity contribution is -0.148. The normalized spacial score (nSPS) is 19.1. The summed E-state index contributed by atoms with van der Waals surface area (Å²) in [5, 5.41) is 18.5. The molecule has 0 bridgehead atoms. The summed E-state index contributed by atoms with van der Waals surface area (Å²) in [7, 11) is 0. The van der Waals surface area contributed by atoms with E-state index in [2.05, 4.69) is 28.1 Å². The predicted octanol–water partition coefficient (Wildman–Crippen LogP) is 5.60. The van der Waals surface area contributed by atoms with E-state index in [1.807, 2.05) is 103 Å². The monoisotopic (exact) mass is 759 g/mol. The van der Waals surface area contributed by atoms with Crippen LogP contribution in [0.4, 0.5) is 4.79 Å². The SMILES string of the molecule is O=C(CC1CC=CCCC(NC(=O)OCC2c3ccccc3-c3ccccc32)C(=O)OCC(COCc2ccccc2)NC1=O)NC(CO)Cc1ccccc1. The average Bonchev–Trinajstić information content (AvgIpc) is 3.54. The van der Waals surface area contributed by atoms with Crippen molar-refractivity contribution in [3.05, 3.63) is 144 Å². The molecule has 1 aliphatic heterocycles. The molecule has 1 aliphatic carbocycles. The number of carbonyl (C=O) groups is 4. The third-order valence-electron chi connectivity index (χ3n) is 10.0. The molecule has 2 aliphatic rings. The lowest BCUT2D eigenvalue weighted by atomic mass is 9.98. The number of aliphatic hydroxyl groups is 1. The van der Waals surface area contributed by atoms with Crippen molar-refractivity contribution < 1.29 is 38.5 Å². The Hall–Kier alpha value is -5.78. The van der Waals surface area contributed by atoms with Crippen LogP contribution in [-0.4, -0.2) is 73.5 Å². The number of cyclic esters (lactones) is 1. The van der Waals surface area contributed by atoms with Crippen LogP contribution in [0.2, 0.25) is 0 Å². The quantitative estimate of drug-likeness (QED) is 0.102. The average molecular weight is 760 g/mol. The third kappa shape index (κ3) is 11.1. The number of aliphatic hydroxyl groups excluding tert-OH is 1. The maximum absolute atomic E-state index is 13.7. The number of carbonyl (C=O) groups excluding carboxylic acids is 4. The topological polar surface area (TPSA) is 152 Å². The van der Waals surface area contributed by atoms with Crippen molar-refractivity contribution in [2.24, 2.45) is 5.92 Å². The van der Waals surface area contributed by atoms with Gasteiger partial charge in [0.15, 0.2) is 0 Å². The van der Waals surface area contributed by atoms with E-state index >= 15 is 0 Å². The van der Waals surface area contributed by atoms with Crippen molar-refractivity contribution >= 4 is 23.9 Å². The highest BCUT2D eigenvalue weighted by atomic mass is 16.6. The third-order valence-corrected chi connectivity index (χ3v) is 10.0. The van der Waals surface area contributed by atoms with E-state index in [4.69, 9.17) is 14.2 Å². The van der Waals surface area contributed by atoms with E-state index in [1.165, 1.54) is 0 Å².